The van der Waals surface area contributed by atoms with Gasteiger partial charge in [-0.05, 0) is 29.9 Å². The van der Waals surface area contributed by atoms with Crippen LogP contribution in [0.5, 0.6) is 0 Å². The van der Waals surface area contributed by atoms with Crippen LogP contribution in [0.3, 0.4) is 0 Å². The average Bonchev–Trinajstić information content (AvgIpc) is 3.27. The van der Waals surface area contributed by atoms with Crippen molar-refractivity contribution in [2.45, 2.75) is 19.4 Å². The fraction of sp³-hybridized carbons (Fsp3) is 0.381. The van der Waals surface area contributed by atoms with Gasteiger partial charge >= 0.3 is 5.97 Å². The minimum atomic E-state index is -0.357. The molecule has 0 spiro atoms. The molecule has 1 fully saturated rings. The van der Waals surface area contributed by atoms with Gasteiger partial charge in [0, 0.05) is 26.7 Å². The third kappa shape index (κ3) is 5.19. The largest absolute Gasteiger partial charge is 0.455 e. The summed E-state index contributed by atoms with van der Waals surface area (Å²) in [5.74, 6) is -0.841. The average molecular weight is 401 g/mol. The number of likely N-dealkylation sites (tertiary alicyclic amines) is 1. The van der Waals surface area contributed by atoms with E-state index in [4.69, 9.17) is 4.74 Å². The number of esters is 1. The number of thiophene rings is 1. The molecule has 7 heteroatoms. The lowest BCUT2D eigenvalue weighted by molar-refractivity contribution is -0.156. The van der Waals surface area contributed by atoms with E-state index in [0.717, 1.165) is 5.56 Å². The highest BCUT2D eigenvalue weighted by atomic mass is 32.1. The SMILES string of the molecule is CN(Cc1ccccc1)C(=O)COC(=O)C1CCN(C(=O)c2cccs2)CC1. The first-order valence-electron chi connectivity index (χ1n) is 9.32. The Morgan fingerprint density at radius 3 is 2.46 bits per heavy atom. The molecule has 2 aromatic rings. The molecule has 1 aliphatic rings. The molecule has 0 unspecified atom stereocenters. The maximum Gasteiger partial charge on any atom is 0.309 e. The summed E-state index contributed by atoms with van der Waals surface area (Å²) in [4.78, 5) is 40.9. The van der Waals surface area contributed by atoms with Gasteiger partial charge < -0.3 is 14.5 Å². The number of carbonyl (C=O) groups excluding carboxylic acids is 3. The number of ether oxygens (including phenoxy) is 1. The first kappa shape index (κ1) is 20.1. The predicted molar refractivity (Wildman–Crippen MR) is 107 cm³/mol. The van der Waals surface area contributed by atoms with Crippen molar-refractivity contribution in [3.63, 3.8) is 0 Å². The van der Waals surface area contributed by atoms with Crippen molar-refractivity contribution in [1.29, 1.82) is 0 Å². The molecular formula is C21H24N2O4S. The van der Waals surface area contributed by atoms with Crippen LogP contribution in [0.2, 0.25) is 0 Å². The van der Waals surface area contributed by atoms with E-state index in [0.29, 0.717) is 37.4 Å². The zero-order valence-electron chi connectivity index (χ0n) is 15.9. The molecule has 6 nitrogen and oxygen atoms in total. The zero-order valence-corrected chi connectivity index (χ0v) is 16.7. The Balaban J connectivity index is 1.40. The van der Waals surface area contributed by atoms with Gasteiger partial charge in [-0.2, -0.15) is 0 Å². The second kappa shape index (κ2) is 9.50. The van der Waals surface area contributed by atoms with E-state index in [2.05, 4.69) is 0 Å². The number of hydrogen-bond acceptors (Lipinski definition) is 5. The number of likely N-dealkylation sites (N-methyl/N-ethyl adjacent to an activating group) is 1. The van der Waals surface area contributed by atoms with Crippen molar-refractivity contribution in [3.8, 4) is 0 Å². The quantitative estimate of drug-likeness (QED) is 0.700. The van der Waals surface area contributed by atoms with Crippen LogP contribution in [0.15, 0.2) is 47.8 Å². The third-order valence-electron chi connectivity index (χ3n) is 4.87. The maximum absolute atomic E-state index is 12.3. The molecule has 1 aromatic carbocycles. The molecule has 0 radical (unpaired) electrons. The molecular weight excluding hydrogens is 376 g/mol. The van der Waals surface area contributed by atoms with E-state index in [1.807, 2.05) is 47.8 Å². The van der Waals surface area contributed by atoms with Crippen molar-refractivity contribution in [2.24, 2.45) is 5.92 Å². The van der Waals surface area contributed by atoms with Crippen LogP contribution in [-0.2, 0) is 20.9 Å². The standard InChI is InChI=1S/C21H24N2O4S/c1-22(14-16-6-3-2-4-7-16)19(24)15-27-21(26)17-9-11-23(12-10-17)20(25)18-8-5-13-28-18/h2-8,13,17H,9-12,14-15H2,1H3. The van der Waals surface area contributed by atoms with Crippen molar-refractivity contribution < 1.29 is 19.1 Å². The van der Waals surface area contributed by atoms with Crippen LogP contribution in [0.1, 0.15) is 28.1 Å². The molecule has 0 bridgehead atoms. The van der Waals surface area contributed by atoms with E-state index in [-0.39, 0.29) is 30.3 Å². The van der Waals surface area contributed by atoms with Crippen LogP contribution in [-0.4, -0.2) is 54.3 Å². The van der Waals surface area contributed by atoms with Crippen molar-refractivity contribution in [1.82, 2.24) is 9.80 Å². The number of hydrogen-bond donors (Lipinski definition) is 0. The lowest BCUT2D eigenvalue weighted by atomic mass is 9.97. The van der Waals surface area contributed by atoms with Crippen LogP contribution < -0.4 is 0 Å². The van der Waals surface area contributed by atoms with Gasteiger partial charge in [-0.15, -0.1) is 11.3 Å². The number of carbonyl (C=O) groups is 3. The second-order valence-corrected chi connectivity index (χ2v) is 7.83. The topological polar surface area (TPSA) is 66.9 Å². The Hall–Kier alpha value is -2.67. The van der Waals surface area contributed by atoms with Gasteiger partial charge in [0.05, 0.1) is 10.8 Å². The summed E-state index contributed by atoms with van der Waals surface area (Å²) in [6.45, 7) is 1.27. The summed E-state index contributed by atoms with van der Waals surface area (Å²) in [6.07, 6.45) is 1.12. The zero-order chi connectivity index (χ0) is 19.9. The number of amides is 2. The molecule has 148 valence electrons. The van der Waals surface area contributed by atoms with Gasteiger partial charge in [-0.3, -0.25) is 14.4 Å². The monoisotopic (exact) mass is 400 g/mol. The third-order valence-corrected chi connectivity index (χ3v) is 5.73. The summed E-state index contributed by atoms with van der Waals surface area (Å²) >= 11 is 1.42. The van der Waals surface area contributed by atoms with Crippen LogP contribution >= 0.6 is 11.3 Å². The van der Waals surface area contributed by atoms with Gasteiger partial charge in [0.15, 0.2) is 6.61 Å². The molecule has 28 heavy (non-hydrogen) atoms. The lowest BCUT2D eigenvalue weighted by Crippen LogP contribution is -2.41. The van der Waals surface area contributed by atoms with E-state index in [9.17, 15) is 14.4 Å². The highest BCUT2D eigenvalue weighted by molar-refractivity contribution is 7.12. The number of benzene rings is 1. The van der Waals surface area contributed by atoms with Crippen LogP contribution in [0.25, 0.3) is 0 Å². The fourth-order valence-electron chi connectivity index (χ4n) is 3.18. The molecule has 3 rings (SSSR count). The Morgan fingerprint density at radius 1 is 1.11 bits per heavy atom. The van der Waals surface area contributed by atoms with Crippen LogP contribution in [0.4, 0.5) is 0 Å². The van der Waals surface area contributed by atoms with Gasteiger partial charge in [-0.1, -0.05) is 36.4 Å². The highest BCUT2D eigenvalue weighted by Gasteiger charge is 2.29. The molecule has 2 heterocycles. The molecule has 1 saturated heterocycles. The normalized spacial score (nSPS) is 14.5. The Morgan fingerprint density at radius 2 is 1.82 bits per heavy atom. The van der Waals surface area contributed by atoms with E-state index < -0.39 is 0 Å². The number of rotatable bonds is 6. The Labute approximate surface area is 168 Å². The first-order valence-corrected chi connectivity index (χ1v) is 10.2. The van der Waals surface area contributed by atoms with Gasteiger partial charge in [0.2, 0.25) is 0 Å². The summed E-state index contributed by atoms with van der Waals surface area (Å²) in [5, 5.41) is 1.88. The van der Waals surface area contributed by atoms with Gasteiger partial charge in [-0.25, -0.2) is 0 Å². The minimum absolute atomic E-state index is 0.0135. The second-order valence-electron chi connectivity index (χ2n) is 6.89. The molecule has 0 N–H and O–H groups in total. The summed E-state index contributed by atoms with van der Waals surface area (Å²) in [7, 11) is 1.69. The van der Waals surface area contributed by atoms with Crippen molar-refractivity contribution in [3.05, 3.63) is 58.3 Å². The van der Waals surface area contributed by atoms with Crippen molar-refractivity contribution >= 4 is 29.1 Å². The molecule has 0 saturated carbocycles. The van der Waals surface area contributed by atoms with Gasteiger partial charge in [0.25, 0.3) is 11.8 Å². The maximum atomic E-state index is 12.3. The first-order chi connectivity index (χ1) is 13.5. The summed E-state index contributed by atoms with van der Waals surface area (Å²) in [6, 6.07) is 13.3. The molecule has 2 amide bonds. The van der Waals surface area contributed by atoms with Gasteiger partial charge in [0.1, 0.15) is 0 Å². The van der Waals surface area contributed by atoms with Crippen molar-refractivity contribution in [2.75, 3.05) is 26.7 Å². The number of piperidine rings is 1. The number of nitrogens with zero attached hydrogens (tertiary/aromatic N) is 2. The molecule has 0 aliphatic carbocycles. The van der Waals surface area contributed by atoms with Crippen LogP contribution in [0, 0.1) is 5.92 Å². The smallest absolute Gasteiger partial charge is 0.309 e. The van der Waals surface area contributed by atoms with E-state index in [1.165, 1.54) is 11.3 Å². The lowest BCUT2D eigenvalue weighted by Gasteiger charge is -2.30. The Bertz CT molecular complexity index is 799. The van der Waals surface area contributed by atoms with E-state index >= 15 is 0 Å². The fourth-order valence-corrected chi connectivity index (χ4v) is 3.87. The summed E-state index contributed by atoms with van der Waals surface area (Å²) in [5.41, 5.74) is 1.02. The molecule has 0 atom stereocenters. The molecule has 1 aliphatic heterocycles. The molecule has 1 aromatic heterocycles. The summed E-state index contributed by atoms with van der Waals surface area (Å²) < 4.78 is 5.24. The predicted octanol–water partition coefficient (Wildman–Crippen LogP) is 2.80. The Kier molecular flexibility index (Phi) is 6.81. The highest BCUT2D eigenvalue weighted by Crippen LogP contribution is 2.21. The minimum Gasteiger partial charge on any atom is -0.455 e. The van der Waals surface area contributed by atoms with E-state index in [1.54, 1.807) is 16.8 Å².